The summed E-state index contributed by atoms with van der Waals surface area (Å²) in [6.07, 6.45) is 3.37. The lowest BCUT2D eigenvalue weighted by molar-refractivity contribution is -0.135. The second-order valence-corrected chi connectivity index (χ2v) is 10.8. The lowest BCUT2D eigenvalue weighted by Crippen LogP contribution is -2.52. The Labute approximate surface area is 224 Å². The minimum absolute atomic E-state index is 0.000608. The molecule has 1 spiro atoms. The van der Waals surface area contributed by atoms with Crippen LogP contribution < -0.4 is 15.4 Å². The number of likely N-dealkylation sites (tertiary alicyclic amines) is 1. The molecule has 3 heterocycles. The van der Waals surface area contributed by atoms with Gasteiger partial charge in [0.2, 0.25) is 5.91 Å². The van der Waals surface area contributed by atoms with Crippen molar-refractivity contribution in [2.24, 2.45) is 5.41 Å². The molecule has 0 saturated carbocycles. The number of ether oxygens (including phenoxy) is 1. The molecule has 2 aliphatic heterocycles. The van der Waals surface area contributed by atoms with Gasteiger partial charge in [0, 0.05) is 31.7 Å². The van der Waals surface area contributed by atoms with Crippen molar-refractivity contribution >= 4 is 17.7 Å². The summed E-state index contributed by atoms with van der Waals surface area (Å²) in [5.41, 5.74) is 1.06. The third-order valence-electron chi connectivity index (χ3n) is 7.52. The van der Waals surface area contributed by atoms with Crippen molar-refractivity contribution in [3.63, 3.8) is 0 Å². The Kier molecular flexibility index (Phi) is 8.71. The summed E-state index contributed by atoms with van der Waals surface area (Å²) in [6.45, 7) is 5.99. The van der Waals surface area contributed by atoms with Crippen LogP contribution in [-0.4, -0.2) is 79.1 Å². The SMILES string of the molecule is Cc1onc(C(=O)N2CCC3(CCCCNC(=O)c4ccccc4OC[C@@H](C)NC3=O)CC2)c1CN(C)C. The highest BCUT2D eigenvalue weighted by atomic mass is 16.5. The highest BCUT2D eigenvalue weighted by Gasteiger charge is 2.43. The van der Waals surface area contributed by atoms with Crippen molar-refractivity contribution in [3.8, 4) is 5.75 Å². The first-order valence-electron chi connectivity index (χ1n) is 13.4. The predicted octanol–water partition coefficient (Wildman–Crippen LogP) is 2.76. The number of nitrogens with zero attached hydrogens (tertiary/aromatic N) is 3. The first-order chi connectivity index (χ1) is 18.2. The van der Waals surface area contributed by atoms with Gasteiger partial charge in [-0.05, 0) is 65.8 Å². The highest BCUT2D eigenvalue weighted by Crippen LogP contribution is 2.38. The maximum absolute atomic E-state index is 13.6. The zero-order valence-corrected chi connectivity index (χ0v) is 22.8. The molecule has 2 aromatic rings. The number of hydrogen-bond donors (Lipinski definition) is 2. The number of benzene rings is 1. The van der Waals surface area contributed by atoms with E-state index in [1.54, 1.807) is 17.0 Å². The molecule has 0 bridgehead atoms. The monoisotopic (exact) mass is 525 g/mol. The number of fused-ring (bicyclic) bond motifs is 1. The summed E-state index contributed by atoms with van der Waals surface area (Å²) in [4.78, 5) is 43.4. The Morgan fingerprint density at radius 1 is 1.16 bits per heavy atom. The number of rotatable bonds is 3. The van der Waals surface area contributed by atoms with Crippen molar-refractivity contribution in [1.29, 1.82) is 0 Å². The van der Waals surface area contributed by atoms with Crippen LogP contribution in [-0.2, 0) is 11.3 Å². The number of aryl methyl sites for hydroxylation is 1. The van der Waals surface area contributed by atoms with Gasteiger partial charge in [-0.15, -0.1) is 0 Å². The largest absolute Gasteiger partial charge is 0.491 e. The summed E-state index contributed by atoms with van der Waals surface area (Å²) in [5.74, 6) is 0.833. The molecule has 1 aromatic carbocycles. The topological polar surface area (TPSA) is 117 Å². The summed E-state index contributed by atoms with van der Waals surface area (Å²) in [7, 11) is 3.88. The second-order valence-electron chi connectivity index (χ2n) is 10.8. The maximum atomic E-state index is 13.6. The zero-order chi connectivity index (χ0) is 27.3. The molecular formula is C28H39N5O5. The average molecular weight is 526 g/mol. The van der Waals surface area contributed by atoms with E-state index in [1.807, 2.05) is 45.0 Å². The molecule has 10 heteroatoms. The van der Waals surface area contributed by atoms with Crippen molar-refractivity contribution in [2.75, 3.05) is 40.3 Å². The molecule has 1 aromatic heterocycles. The van der Waals surface area contributed by atoms with E-state index in [-0.39, 0.29) is 30.4 Å². The van der Waals surface area contributed by atoms with Crippen LogP contribution in [0.1, 0.15) is 71.2 Å². The standard InChI is InChI=1S/C28H39N5O5/c1-19-18-37-23-10-6-5-9-21(23)25(34)29-14-8-7-11-28(27(36)30-19)12-15-33(16-13-28)26(35)24-22(17-32(3)4)20(2)38-31-24/h5-6,9-10,19H,7-8,11-18H2,1-4H3,(H,29,34)(H,30,36)/t19-/m1/s1. The van der Waals surface area contributed by atoms with Crippen molar-refractivity contribution in [2.45, 2.75) is 58.5 Å². The van der Waals surface area contributed by atoms with E-state index < -0.39 is 5.41 Å². The Morgan fingerprint density at radius 3 is 2.63 bits per heavy atom. The molecule has 1 atom stereocenters. The molecule has 206 valence electrons. The molecule has 1 saturated heterocycles. The quantitative estimate of drug-likeness (QED) is 0.633. The maximum Gasteiger partial charge on any atom is 0.276 e. The Balaban J connectivity index is 1.46. The van der Waals surface area contributed by atoms with E-state index in [0.29, 0.717) is 68.2 Å². The minimum Gasteiger partial charge on any atom is -0.491 e. The molecule has 1 fully saturated rings. The lowest BCUT2D eigenvalue weighted by atomic mass is 9.73. The minimum atomic E-state index is -0.580. The molecule has 0 aliphatic carbocycles. The van der Waals surface area contributed by atoms with E-state index >= 15 is 0 Å². The number of aromatic nitrogens is 1. The zero-order valence-electron chi connectivity index (χ0n) is 22.8. The molecule has 0 unspecified atom stereocenters. The lowest BCUT2D eigenvalue weighted by Gasteiger charge is -2.41. The number of para-hydroxylation sites is 1. The average Bonchev–Trinajstić information content (AvgIpc) is 3.25. The molecule has 4 rings (SSSR count). The fourth-order valence-electron chi connectivity index (χ4n) is 5.24. The number of amides is 3. The van der Waals surface area contributed by atoms with Gasteiger partial charge in [-0.2, -0.15) is 0 Å². The number of nitrogens with one attached hydrogen (secondary N) is 2. The van der Waals surface area contributed by atoms with E-state index in [4.69, 9.17) is 9.26 Å². The predicted molar refractivity (Wildman–Crippen MR) is 142 cm³/mol. The van der Waals surface area contributed by atoms with Crippen LogP contribution in [0.25, 0.3) is 0 Å². The van der Waals surface area contributed by atoms with Gasteiger partial charge in [-0.25, -0.2) is 0 Å². The Morgan fingerprint density at radius 2 is 1.89 bits per heavy atom. The molecule has 10 nitrogen and oxygen atoms in total. The van der Waals surface area contributed by atoms with E-state index in [1.165, 1.54) is 0 Å². The van der Waals surface area contributed by atoms with Crippen LogP contribution in [0.2, 0.25) is 0 Å². The first-order valence-corrected chi connectivity index (χ1v) is 13.4. The molecule has 38 heavy (non-hydrogen) atoms. The van der Waals surface area contributed by atoms with Crippen molar-refractivity contribution in [1.82, 2.24) is 25.6 Å². The number of piperidine rings is 1. The first kappa shape index (κ1) is 27.6. The van der Waals surface area contributed by atoms with Crippen LogP contribution in [0.4, 0.5) is 0 Å². The van der Waals surface area contributed by atoms with Gasteiger partial charge in [0.25, 0.3) is 11.8 Å². The normalized spacial score (nSPS) is 20.8. The van der Waals surface area contributed by atoms with E-state index in [2.05, 4.69) is 15.8 Å². The molecule has 2 N–H and O–H groups in total. The third kappa shape index (κ3) is 6.18. The summed E-state index contributed by atoms with van der Waals surface area (Å²) >= 11 is 0. The molecule has 3 amide bonds. The number of carbonyl (C=O) groups is 3. The van der Waals surface area contributed by atoms with E-state index in [0.717, 1.165) is 18.4 Å². The van der Waals surface area contributed by atoms with Crippen molar-refractivity contribution in [3.05, 3.63) is 46.8 Å². The summed E-state index contributed by atoms with van der Waals surface area (Å²) in [5, 5.41) is 10.2. The van der Waals surface area contributed by atoms with Gasteiger partial charge >= 0.3 is 0 Å². The van der Waals surface area contributed by atoms with Crippen LogP contribution in [0.5, 0.6) is 5.75 Å². The van der Waals surface area contributed by atoms with Crippen LogP contribution >= 0.6 is 0 Å². The van der Waals surface area contributed by atoms with Gasteiger partial charge in [-0.1, -0.05) is 23.7 Å². The van der Waals surface area contributed by atoms with Crippen LogP contribution in [0, 0.1) is 12.3 Å². The fourth-order valence-corrected chi connectivity index (χ4v) is 5.24. The summed E-state index contributed by atoms with van der Waals surface area (Å²) in [6, 6.07) is 6.90. The second kappa shape index (κ2) is 12.0. The Bertz CT molecular complexity index is 1150. The fraction of sp³-hybridized carbons (Fsp3) is 0.571. The number of carbonyl (C=O) groups excluding carboxylic acids is 3. The van der Waals surface area contributed by atoms with Crippen LogP contribution in [0.15, 0.2) is 28.8 Å². The van der Waals surface area contributed by atoms with Gasteiger partial charge in [0.15, 0.2) is 5.69 Å². The smallest absolute Gasteiger partial charge is 0.276 e. The molecular weight excluding hydrogens is 486 g/mol. The third-order valence-corrected chi connectivity index (χ3v) is 7.52. The Hall–Kier alpha value is -3.40. The highest BCUT2D eigenvalue weighted by molar-refractivity contribution is 5.97. The van der Waals surface area contributed by atoms with Gasteiger partial charge in [-0.3, -0.25) is 14.4 Å². The molecule has 0 radical (unpaired) electrons. The van der Waals surface area contributed by atoms with Gasteiger partial charge < -0.3 is 29.7 Å². The van der Waals surface area contributed by atoms with Crippen LogP contribution in [0.3, 0.4) is 0 Å². The van der Waals surface area contributed by atoms with Gasteiger partial charge in [0.05, 0.1) is 17.0 Å². The number of hydrogen-bond acceptors (Lipinski definition) is 7. The summed E-state index contributed by atoms with van der Waals surface area (Å²) < 4.78 is 11.3. The van der Waals surface area contributed by atoms with Crippen molar-refractivity contribution < 1.29 is 23.6 Å². The van der Waals surface area contributed by atoms with E-state index in [9.17, 15) is 14.4 Å². The van der Waals surface area contributed by atoms with Gasteiger partial charge in [0.1, 0.15) is 18.1 Å². The molecule has 2 aliphatic rings.